The lowest BCUT2D eigenvalue weighted by Crippen LogP contribution is -2.13. The molecule has 27 heavy (non-hydrogen) atoms. The monoisotopic (exact) mass is 381 g/mol. The Morgan fingerprint density at radius 1 is 1.04 bits per heavy atom. The van der Waals surface area contributed by atoms with Crippen molar-refractivity contribution in [1.29, 1.82) is 0 Å². The standard InChI is InChI=1S/C22H20ClNO3/c1-15-19(23)9-6-10-20(15)24-22(25)16-11-12-21(26-2)17(13-16)14-27-18-7-4-3-5-8-18/h3-13H,14H2,1-2H3,(H,24,25). The van der Waals surface area contributed by atoms with Gasteiger partial charge in [-0.15, -0.1) is 0 Å². The SMILES string of the molecule is COc1ccc(C(=O)Nc2cccc(Cl)c2C)cc1COc1ccccc1. The van der Waals surface area contributed by atoms with Crippen LogP contribution in [-0.4, -0.2) is 13.0 Å². The minimum Gasteiger partial charge on any atom is -0.496 e. The quantitative estimate of drug-likeness (QED) is 0.614. The summed E-state index contributed by atoms with van der Waals surface area (Å²) in [6.07, 6.45) is 0. The molecule has 0 aliphatic heterocycles. The molecule has 0 fully saturated rings. The van der Waals surface area contributed by atoms with E-state index in [1.807, 2.05) is 43.3 Å². The number of para-hydroxylation sites is 1. The summed E-state index contributed by atoms with van der Waals surface area (Å²) in [6, 6.07) is 20.2. The largest absolute Gasteiger partial charge is 0.496 e. The zero-order chi connectivity index (χ0) is 19.2. The number of hydrogen-bond acceptors (Lipinski definition) is 3. The third-order valence-corrected chi connectivity index (χ3v) is 4.61. The van der Waals surface area contributed by atoms with Crippen LogP contribution in [0.3, 0.4) is 0 Å². The van der Waals surface area contributed by atoms with E-state index < -0.39 is 0 Å². The molecule has 5 heteroatoms. The lowest BCUT2D eigenvalue weighted by Gasteiger charge is -2.13. The summed E-state index contributed by atoms with van der Waals surface area (Å²) >= 11 is 6.12. The molecule has 0 bridgehead atoms. The van der Waals surface area contributed by atoms with Crippen molar-refractivity contribution in [2.75, 3.05) is 12.4 Å². The van der Waals surface area contributed by atoms with Gasteiger partial charge in [0, 0.05) is 21.8 Å². The van der Waals surface area contributed by atoms with Gasteiger partial charge in [-0.05, 0) is 55.0 Å². The summed E-state index contributed by atoms with van der Waals surface area (Å²) in [6.45, 7) is 2.16. The zero-order valence-electron chi connectivity index (χ0n) is 15.2. The Morgan fingerprint density at radius 2 is 1.81 bits per heavy atom. The van der Waals surface area contributed by atoms with Crippen molar-refractivity contribution < 1.29 is 14.3 Å². The van der Waals surface area contributed by atoms with Crippen molar-refractivity contribution in [3.8, 4) is 11.5 Å². The highest BCUT2D eigenvalue weighted by Crippen LogP contribution is 2.25. The maximum Gasteiger partial charge on any atom is 0.255 e. The number of amides is 1. The molecule has 3 aromatic carbocycles. The minimum absolute atomic E-state index is 0.219. The number of carbonyl (C=O) groups is 1. The molecule has 0 unspecified atom stereocenters. The molecule has 1 amide bonds. The molecule has 0 aliphatic rings. The normalized spacial score (nSPS) is 10.3. The smallest absolute Gasteiger partial charge is 0.255 e. The van der Waals surface area contributed by atoms with Gasteiger partial charge >= 0.3 is 0 Å². The van der Waals surface area contributed by atoms with Gasteiger partial charge in [-0.1, -0.05) is 35.9 Å². The molecule has 0 saturated carbocycles. The first-order valence-corrected chi connectivity index (χ1v) is 8.87. The number of carbonyl (C=O) groups excluding carboxylic acids is 1. The zero-order valence-corrected chi connectivity index (χ0v) is 15.9. The third kappa shape index (κ3) is 4.60. The van der Waals surface area contributed by atoms with E-state index in [1.54, 1.807) is 37.4 Å². The number of rotatable bonds is 6. The maximum atomic E-state index is 12.7. The van der Waals surface area contributed by atoms with E-state index in [-0.39, 0.29) is 5.91 Å². The van der Waals surface area contributed by atoms with E-state index in [0.717, 1.165) is 16.9 Å². The number of methoxy groups -OCH3 is 1. The summed E-state index contributed by atoms with van der Waals surface area (Å²) in [5.41, 5.74) is 2.82. The summed E-state index contributed by atoms with van der Waals surface area (Å²) < 4.78 is 11.2. The van der Waals surface area contributed by atoms with Crippen LogP contribution in [0.4, 0.5) is 5.69 Å². The highest BCUT2D eigenvalue weighted by atomic mass is 35.5. The Balaban J connectivity index is 1.79. The number of nitrogens with one attached hydrogen (secondary N) is 1. The van der Waals surface area contributed by atoms with Gasteiger partial charge in [-0.2, -0.15) is 0 Å². The average Bonchev–Trinajstić information content (AvgIpc) is 2.70. The van der Waals surface area contributed by atoms with Crippen molar-refractivity contribution >= 4 is 23.2 Å². The fourth-order valence-electron chi connectivity index (χ4n) is 2.65. The summed E-state index contributed by atoms with van der Waals surface area (Å²) in [5, 5.41) is 3.51. The van der Waals surface area contributed by atoms with Gasteiger partial charge in [0.2, 0.25) is 0 Å². The van der Waals surface area contributed by atoms with Crippen LogP contribution in [0.25, 0.3) is 0 Å². The van der Waals surface area contributed by atoms with Gasteiger partial charge in [-0.3, -0.25) is 4.79 Å². The van der Waals surface area contributed by atoms with Gasteiger partial charge in [0.15, 0.2) is 0 Å². The Labute approximate surface area is 163 Å². The molecule has 0 aliphatic carbocycles. The van der Waals surface area contributed by atoms with Crippen LogP contribution >= 0.6 is 11.6 Å². The van der Waals surface area contributed by atoms with Crippen molar-refractivity contribution in [1.82, 2.24) is 0 Å². The molecule has 0 saturated heterocycles. The first-order chi connectivity index (χ1) is 13.1. The van der Waals surface area contributed by atoms with Gasteiger partial charge in [0.1, 0.15) is 18.1 Å². The molecular formula is C22H20ClNO3. The number of benzene rings is 3. The molecule has 1 N–H and O–H groups in total. The van der Waals surface area contributed by atoms with Crippen LogP contribution in [0.2, 0.25) is 5.02 Å². The van der Waals surface area contributed by atoms with Crippen LogP contribution < -0.4 is 14.8 Å². The van der Waals surface area contributed by atoms with Gasteiger partial charge in [0.25, 0.3) is 5.91 Å². The Morgan fingerprint density at radius 3 is 2.56 bits per heavy atom. The second kappa shape index (κ2) is 8.60. The molecular weight excluding hydrogens is 362 g/mol. The van der Waals surface area contributed by atoms with E-state index in [1.165, 1.54) is 0 Å². The van der Waals surface area contributed by atoms with Crippen molar-refractivity contribution in [2.24, 2.45) is 0 Å². The molecule has 0 heterocycles. The second-order valence-electron chi connectivity index (χ2n) is 5.99. The summed E-state index contributed by atoms with van der Waals surface area (Å²) in [4.78, 5) is 12.7. The minimum atomic E-state index is -0.219. The topological polar surface area (TPSA) is 47.6 Å². The number of anilines is 1. The fraction of sp³-hybridized carbons (Fsp3) is 0.136. The highest BCUT2D eigenvalue weighted by Gasteiger charge is 2.13. The second-order valence-corrected chi connectivity index (χ2v) is 6.40. The average molecular weight is 382 g/mol. The Hall–Kier alpha value is -2.98. The van der Waals surface area contributed by atoms with Crippen molar-refractivity contribution in [3.63, 3.8) is 0 Å². The van der Waals surface area contributed by atoms with Crippen LogP contribution in [0.1, 0.15) is 21.5 Å². The third-order valence-electron chi connectivity index (χ3n) is 4.20. The molecule has 0 spiro atoms. The van der Waals surface area contributed by atoms with Crippen LogP contribution in [-0.2, 0) is 6.61 Å². The predicted octanol–water partition coefficient (Wildman–Crippen LogP) is 5.49. The number of halogens is 1. The van der Waals surface area contributed by atoms with E-state index in [0.29, 0.717) is 28.6 Å². The summed E-state index contributed by atoms with van der Waals surface area (Å²) in [5.74, 6) is 1.20. The molecule has 3 aromatic rings. The van der Waals surface area contributed by atoms with E-state index in [2.05, 4.69) is 5.32 Å². The van der Waals surface area contributed by atoms with E-state index in [4.69, 9.17) is 21.1 Å². The van der Waals surface area contributed by atoms with Crippen molar-refractivity contribution in [3.05, 3.63) is 88.4 Å². The van der Waals surface area contributed by atoms with Gasteiger partial charge < -0.3 is 14.8 Å². The van der Waals surface area contributed by atoms with Gasteiger partial charge in [-0.25, -0.2) is 0 Å². The molecule has 138 valence electrons. The first kappa shape index (κ1) is 18.8. The lowest BCUT2D eigenvalue weighted by molar-refractivity contribution is 0.102. The Kier molecular flexibility index (Phi) is 5.99. The van der Waals surface area contributed by atoms with Crippen molar-refractivity contribution in [2.45, 2.75) is 13.5 Å². The lowest BCUT2D eigenvalue weighted by atomic mass is 10.1. The van der Waals surface area contributed by atoms with E-state index >= 15 is 0 Å². The van der Waals surface area contributed by atoms with Crippen LogP contribution in [0, 0.1) is 6.92 Å². The van der Waals surface area contributed by atoms with Gasteiger partial charge in [0.05, 0.1) is 7.11 Å². The molecule has 0 atom stereocenters. The number of ether oxygens (including phenoxy) is 2. The fourth-order valence-corrected chi connectivity index (χ4v) is 2.82. The van der Waals surface area contributed by atoms with E-state index in [9.17, 15) is 4.79 Å². The maximum absolute atomic E-state index is 12.7. The predicted molar refractivity (Wildman–Crippen MR) is 108 cm³/mol. The summed E-state index contributed by atoms with van der Waals surface area (Å²) in [7, 11) is 1.59. The highest BCUT2D eigenvalue weighted by molar-refractivity contribution is 6.31. The molecule has 0 radical (unpaired) electrons. The molecule has 3 rings (SSSR count). The molecule has 4 nitrogen and oxygen atoms in total. The first-order valence-electron chi connectivity index (χ1n) is 8.49. The Bertz CT molecular complexity index is 942. The molecule has 0 aromatic heterocycles. The van der Waals surface area contributed by atoms with Crippen LogP contribution in [0.5, 0.6) is 11.5 Å². The van der Waals surface area contributed by atoms with Crippen LogP contribution in [0.15, 0.2) is 66.7 Å². The number of hydrogen-bond donors (Lipinski definition) is 1.